The Morgan fingerprint density at radius 1 is 0.948 bits per heavy atom. The highest BCUT2D eigenvalue weighted by molar-refractivity contribution is 6.30. The Labute approximate surface area is 348 Å². The van der Waals surface area contributed by atoms with Crippen LogP contribution in [0.2, 0.25) is 5.02 Å². The molecule has 17 atom stereocenters. The predicted octanol–water partition coefficient (Wildman–Crippen LogP) is 6.86. The van der Waals surface area contributed by atoms with Crippen molar-refractivity contribution in [3.8, 4) is 0 Å². The number of ether oxygens (including phenoxy) is 5. The third-order valence-electron chi connectivity index (χ3n) is 14.2. The fourth-order valence-electron chi connectivity index (χ4n) is 10.5. The van der Waals surface area contributed by atoms with E-state index in [-0.39, 0.29) is 54.2 Å². The molecule has 5 aliphatic heterocycles. The SMILES string of the molecule is CC[C@@H](C(=O)[C@@H](C)[C@@H](O)[C@H](C)[C@@H]1O[C@@H](CC(=O)O)CC[C@@H]1C)[C@H]1O[C@]2(C=CC(NC(=O)c3ccc(Cl)cc3)[C@]3(CC[C@@](C)([C@H]4CC[C@@H](O)[C@H](C)O4)O3)O2)[C@H](C)C[C@@H]1C. The topological polar surface area (TPSA) is 170 Å². The molecule has 0 bridgehead atoms. The number of ketones is 1. The van der Waals surface area contributed by atoms with Gasteiger partial charge in [0, 0.05) is 40.7 Å². The Balaban J connectivity index is 1.25. The summed E-state index contributed by atoms with van der Waals surface area (Å²) >= 11 is 6.12. The fraction of sp³-hybridized carbons (Fsp3) is 0.756. The molecule has 4 saturated heterocycles. The average Bonchev–Trinajstić information content (AvgIpc) is 3.52. The van der Waals surface area contributed by atoms with Gasteiger partial charge >= 0.3 is 5.97 Å². The highest BCUT2D eigenvalue weighted by atomic mass is 35.5. The van der Waals surface area contributed by atoms with E-state index in [2.05, 4.69) is 19.2 Å². The van der Waals surface area contributed by atoms with Gasteiger partial charge in [-0.2, -0.15) is 0 Å². The number of aliphatic hydroxyl groups excluding tert-OH is 2. The summed E-state index contributed by atoms with van der Waals surface area (Å²) < 4.78 is 34.0. The molecule has 1 amide bonds. The number of benzene rings is 1. The monoisotopic (exact) mass is 831 g/mol. The number of aliphatic carboxylic acids is 1. The second-order valence-corrected chi connectivity index (χ2v) is 18.9. The minimum atomic E-state index is -1.35. The summed E-state index contributed by atoms with van der Waals surface area (Å²) in [5, 5.41) is 35.2. The summed E-state index contributed by atoms with van der Waals surface area (Å²) in [5.41, 5.74) is -0.366. The number of halogens is 1. The van der Waals surface area contributed by atoms with Crippen molar-refractivity contribution in [2.75, 3.05) is 0 Å². The van der Waals surface area contributed by atoms with Gasteiger partial charge in [0.2, 0.25) is 0 Å². The second-order valence-electron chi connectivity index (χ2n) is 18.5. The summed E-state index contributed by atoms with van der Waals surface area (Å²) in [6.45, 7) is 15.7. The third kappa shape index (κ3) is 9.10. The lowest BCUT2D eigenvalue weighted by Gasteiger charge is -2.55. The van der Waals surface area contributed by atoms with Gasteiger partial charge in [0.25, 0.3) is 5.91 Å². The number of carbonyl (C=O) groups is 3. The first-order valence-corrected chi connectivity index (χ1v) is 22.0. The molecule has 6 rings (SSSR count). The summed E-state index contributed by atoms with van der Waals surface area (Å²) in [6.07, 6.45) is 4.82. The van der Waals surface area contributed by atoms with E-state index >= 15 is 0 Å². The number of hydrogen-bond acceptors (Lipinski definition) is 10. The molecule has 58 heavy (non-hydrogen) atoms. The standard InChI is InChI=1S/C45H66ClNO11/c1-9-33(39(52)27(5)38(51)28(6)40-24(2)10-15-32(55-40)23-37(49)50)41-25(3)22-26(4)44(56-41)19-18-35(47-42(53)30-11-13-31(46)14-12-30)45(58-44)21-20-43(8,57-45)36-17-16-34(48)29(7)54-36/h11-14,18-19,24-29,32-36,38,40-41,48,51H,9-10,15-17,20-23H2,1-8H3,(H,47,53)(H,49,50)/t24-,25-,26+,27-,28-,29-,32+,33-,34+,35?,36+,38+,40+,41-,43-,44-,45-/m0/s1. The van der Waals surface area contributed by atoms with Crippen LogP contribution in [0, 0.1) is 35.5 Å². The van der Waals surface area contributed by atoms with E-state index in [0.717, 1.165) is 6.42 Å². The Hall–Kier alpha value is -2.42. The van der Waals surface area contributed by atoms with Crippen LogP contribution in [-0.4, -0.2) is 98.9 Å². The van der Waals surface area contributed by atoms with Gasteiger partial charge in [-0.1, -0.05) is 59.2 Å². The lowest BCUT2D eigenvalue weighted by atomic mass is 9.72. The van der Waals surface area contributed by atoms with Crippen molar-refractivity contribution in [1.82, 2.24) is 5.32 Å². The maximum absolute atomic E-state index is 14.6. The molecular weight excluding hydrogens is 766 g/mol. The minimum Gasteiger partial charge on any atom is -0.481 e. The molecule has 1 unspecified atom stereocenters. The van der Waals surface area contributed by atoms with Crippen molar-refractivity contribution in [2.45, 2.75) is 179 Å². The molecule has 0 radical (unpaired) electrons. The van der Waals surface area contributed by atoms with Crippen molar-refractivity contribution in [3.63, 3.8) is 0 Å². The molecule has 1 aromatic rings. The summed E-state index contributed by atoms with van der Waals surface area (Å²) in [5.74, 6) is -5.78. The van der Waals surface area contributed by atoms with Gasteiger partial charge in [-0.3, -0.25) is 14.4 Å². The molecule has 13 heteroatoms. The van der Waals surface area contributed by atoms with E-state index in [1.165, 1.54) is 0 Å². The van der Waals surface area contributed by atoms with E-state index in [1.54, 1.807) is 31.2 Å². The molecule has 0 aromatic heterocycles. The number of hydrogen-bond donors (Lipinski definition) is 4. The second kappa shape index (κ2) is 17.9. The normalized spacial score (nSPS) is 41.2. The molecule has 12 nitrogen and oxygen atoms in total. The molecule has 0 saturated carbocycles. The zero-order valence-corrected chi connectivity index (χ0v) is 36.2. The van der Waals surface area contributed by atoms with E-state index in [9.17, 15) is 29.7 Å². The van der Waals surface area contributed by atoms with Crippen molar-refractivity contribution in [3.05, 3.63) is 47.0 Å². The first-order chi connectivity index (χ1) is 27.3. The zero-order valence-electron chi connectivity index (χ0n) is 35.4. The average molecular weight is 832 g/mol. The minimum absolute atomic E-state index is 0.0247. The van der Waals surface area contributed by atoms with E-state index in [4.69, 9.17) is 35.3 Å². The van der Waals surface area contributed by atoms with Crippen LogP contribution in [0.4, 0.5) is 0 Å². The van der Waals surface area contributed by atoms with Crippen molar-refractivity contribution < 1.29 is 53.4 Å². The molecule has 2 spiro atoms. The first-order valence-electron chi connectivity index (χ1n) is 21.6. The molecule has 5 heterocycles. The van der Waals surface area contributed by atoms with Crippen LogP contribution >= 0.6 is 11.6 Å². The van der Waals surface area contributed by atoms with Gasteiger partial charge in [0.1, 0.15) is 11.8 Å². The van der Waals surface area contributed by atoms with Crippen LogP contribution in [-0.2, 0) is 33.3 Å². The van der Waals surface area contributed by atoms with Crippen LogP contribution in [0.3, 0.4) is 0 Å². The largest absolute Gasteiger partial charge is 0.481 e. The Bertz CT molecular complexity index is 1660. The highest BCUT2D eigenvalue weighted by Crippen LogP contribution is 2.53. The maximum Gasteiger partial charge on any atom is 0.305 e. The van der Waals surface area contributed by atoms with Gasteiger partial charge in [-0.05, 0) is 101 Å². The van der Waals surface area contributed by atoms with Crippen molar-refractivity contribution in [1.29, 1.82) is 0 Å². The Morgan fingerprint density at radius 2 is 1.66 bits per heavy atom. The highest BCUT2D eigenvalue weighted by Gasteiger charge is 2.63. The number of aliphatic hydroxyl groups is 2. The Kier molecular flexibility index (Phi) is 13.9. The van der Waals surface area contributed by atoms with Gasteiger partial charge in [0.15, 0.2) is 11.6 Å². The lowest BCUT2D eigenvalue weighted by molar-refractivity contribution is -0.397. The fourth-order valence-corrected chi connectivity index (χ4v) is 10.6. The molecule has 0 aliphatic carbocycles. The summed E-state index contributed by atoms with van der Waals surface area (Å²) in [4.78, 5) is 39.7. The number of rotatable bonds is 12. The van der Waals surface area contributed by atoms with Crippen molar-refractivity contribution >= 4 is 29.3 Å². The van der Waals surface area contributed by atoms with E-state index < -0.39 is 71.4 Å². The molecule has 324 valence electrons. The summed E-state index contributed by atoms with van der Waals surface area (Å²) in [6, 6.07) is 5.96. The van der Waals surface area contributed by atoms with Crippen LogP contribution in [0.25, 0.3) is 0 Å². The molecule has 5 aliphatic rings. The van der Waals surface area contributed by atoms with Crippen molar-refractivity contribution in [2.24, 2.45) is 35.5 Å². The van der Waals surface area contributed by atoms with Gasteiger partial charge in [-0.25, -0.2) is 0 Å². The smallest absolute Gasteiger partial charge is 0.305 e. The van der Waals surface area contributed by atoms with Gasteiger partial charge in [0.05, 0.1) is 54.7 Å². The number of carbonyl (C=O) groups excluding carboxylic acids is 2. The van der Waals surface area contributed by atoms with E-state index in [0.29, 0.717) is 55.5 Å². The van der Waals surface area contributed by atoms with Crippen LogP contribution in [0.15, 0.2) is 36.4 Å². The lowest BCUT2D eigenvalue weighted by Crippen LogP contribution is -2.65. The van der Waals surface area contributed by atoms with Crippen LogP contribution in [0.5, 0.6) is 0 Å². The maximum atomic E-state index is 14.6. The molecule has 4 fully saturated rings. The van der Waals surface area contributed by atoms with Gasteiger partial charge in [-0.15, -0.1) is 0 Å². The molecular formula is C45H66ClNO11. The quantitative estimate of drug-likeness (QED) is 0.162. The number of carboxylic acid groups (broad SMARTS) is 1. The third-order valence-corrected chi connectivity index (χ3v) is 14.4. The first kappa shape index (κ1) is 45.1. The van der Waals surface area contributed by atoms with E-state index in [1.807, 2.05) is 46.8 Å². The predicted molar refractivity (Wildman–Crippen MR) is 217 cm³/mol. The number of carboxylic acids is 1. The molecule has 1 aromatic carbocycles. The molecule has 4 N–H and O–H groups in total. The zero-order chi connectivity index (χ0) is 42.3. The number of amides is 1. The van der Waals surface area contributed by atoms with Crippen LogP contribution < -0.4 is 5.32 Å². The number of Topliss-reactive ketones (excluding diaryl/α,β-unsaturated/α-hetero) is 1. The summed E-state index contributed by atoms with van der Waals surface area (Å²) in [7, 11) is 0. The Morgan fingerprint density at radius 3 is 2.31 bits per heavy atom. The number of nitrogens with one attached hydrogen (secondary N) is 1. The van der Waals surface area contributed by atoms with Gasteiger partial charge < -0.3 is 44.3 Å². The van der Waals surface area contributed by atoms with Crippen LogP contribution in [0.1, 0.15) is 124 Å².